The average molecular weight is 296 g/mol. The molecule has 0 aliphatic rings. The minimum atomic E-state index is -0.592. The molecule has 17 heavy (non-hydrogen) atoms. The van der Waals surface area contributed by atoms with Crippen molar-refractivity contribution >= 4 is 15.9 Å². The Morgan fingerprint density at radius 3 is 2.59 bits per heavy atom. The van der Waals surface area contributed by atoms with Gasteiger partial charge in [0.15, 0.2) is 5.82 Å². The molecule has 0 atom stereocenters. The molecule has 5 heteroatoms. The number of benzene rings is 1. The molecule has 2 aromatic rings. The van der Waals surface area contributed by atoms with Crippen LogP contribution >= 0.6 is 15.9 Å². The summed E-state index contributed by atoms with van der Waals surface area (Å²) in [5.74, 6) is 1.01. The number of rotatable bonds is 2. The monoisotopic (exact) mass is 295 g/mol. The summed E-state index contributed by atoms with van der Waals surface area (Å²) in [7, 11) is 0. The predicted molar refractivity (Wildman–Crippen MR) is 69.4 cm³/mol. The van der Waals surface area contributed by atoms with E-state index < -0.39 is 5.54 Å². The Morgan fingerprint density at radius 2 is 2.06 bits per heavy atom. The molecule has 4 nitrogen and oxygen atoms in total. The van der Waals surface area contributed by atoms with Crippen molar-refractivity contribution in [3.63, 3.8) is 0 Å². The van der Waals surface area contributed by atoms with Crippen LogP contribution in [-0.2, 0) is 5.54 Å². The first-order chi connectivity index (χ1) is 7.88. The molecule has 0 spiro atoms. The first kappa shape index (κ1) is 12.3. The van der Waals surface area contributed by atoms with E-state index in [-0.39, 0.29) is 0 Å². The minimum absolute atomic E-state index is 0.503. The number of aromatic nitrogens is 2. The maximum atomic E-state index is 5.92. The largest absolute Gasteiger partial charge is 0.334 e. The van der Waals surface area contributed by atoms with E-state index >= 15 is 0 Å². The Balaban J connectivity index is 2.44. The number of halogens is 1. The van der Waals surface area contributed by atoms with Crippen LogP contribution in [0.5, 0.6) is 0 Å². The molecule has 0 fully saturated rings. The van der Waals surface area contributed by atoms with Crippen molar-refractivity contribution in [3.8, 4) is 11.5 Å². The second-order valence-corrected chi connectivity index (χ2v) is 5.52. The van der Waals surface area contributed by atoms with Gasteiger partial charge in [0.2, 0.25) is 0 Å². The summed E-state index contributed by atoms with van der Waals surface area (Å²) >= 11 is 3.42. The maximum Gasteiger partial charge on any atom is 0.258 e. The van der Waals surface area contributed by atoms with Crippen molar-refractivity contribution < 1.29 is 4.52 Å². The van der Waals surface area contributed by atoms with Gasteiger partial charge < -0.3 is 10.3 Å². The zero-order valence-corrected chi connectivity index (χ0v) is 11.6. The van der Waals surface area contributed by atoms with Crippen LogP contribution in [0.25, 0.3) is 11.5 Å². The van der Waals surface area contributed by atoms with Crippen molar-refractivity contribution in [1.82, 2.24) is 10.1 Å². The fourth-order valence-corrected chi connectivity index (χ4v) is 1.94. The summed E-state index contributed by atoms with van der Waals surface area (Å²) in [5.41, 5.74) is 7.33. The van der Waals surface area contributed by atoms with Crippen molar-refractivity contribution in [2.45, 2.75) is 26.3 Å². The van der Waals surface area contributed by atoms with Gasteiger partial charge in [0.05, 0.1) is 5.54 Å². The lowest BCUT2D eigenvalue weighted by Gasteiger charge is -2.11. The molecule has 1 heterocycles. The second-order valence-electron chi connectivity index (χ2n) is 4.60. The molecule has 0 saturated heterocycles. The Bertz CT molecular complexity index is 543. The number of nitrogens with two attached hydrogens (primary N) is 1. The first-order valence-electron chi connectivity index (χ1n) is 5.27. The molecule has 0 bridgehead atoms. The van der Waals surface area contributed by atoms with E-state index in [1.54, 1.807) is 0 Å². The van der Waals surface area contributed by atoms with E-state index in [1.165, 1.54) is 0 Å². The minimum Gasteiger partial charge on any atom is -0.334 e. The smallest absolute Gasteiger partial charge is 0.258 e. The highest BCUT2D eigenvalue weighted by Gasteiger charge is 2.22. The predicted octanol–water partition coefficient (Wildman–Crippen LogP) is 3.00. The topological polar surface area (TPSA) is 64.9 Å². The molecule has 2 N–H and O–H groups in total. The van der Waals surface area contributed by atoms with Gasteiger partial charge in [-0.3, -0.25) is 0 Å². The third kappa shape index (κ3) is 2.56. The SMILES string of the molecule is Cc1cc(Br)ccc1-c1nc(C(C)(C)N)no1. The summed E-state index contributed by atoms with van der Waals surface area (Å²) in [5, 5.41) is 3.90. The van der Waals surface area contributed by atoms with Crippen LogP contribution in [0.4, 0.5) is 0 Å². The zero-order chi connectivity index (χ0) is 12.6. The van der Waals surface area contributed by atoms with Gasteiger partial charge in [-0.05, 0) is 44.5 Å². The molecule has 1 aromatic heterocycles. The summed E-state index contributed by atoms with van der Waals surface area (Å²) in [4.78, 5) is 4.32. The lowest BCUT2D eigenvalue weighted by Crippen LogP contribution is -2.30. The third-order valence-electron chi connectivity index (χ3n) is 2.42. The summed E-state index contributed by atoms with van der Waals surface area (Å²) in [6.45, 7) is 5.68. The molecule has 90 valence electrons. The Kier molecular flexibility index (Phi) is 3.05. The van der Waals surface area contributed by atoms with E-state index in [9.17, 15) is 0 Å². The van der Waals surface area contributed by atoms with Gasteiger partial charge in [0.25, 0.3) is 5.89 Å². The van der Waals surface area contributed by atoms with Crippen LogP contribution in [0.1, 0.15) is 25.2 Å². The van der Waals surface area contributed by atoms with Gasteiger partial charge in [-0.2, -0.15) is 4.98 Å². The van der Waals surface area contributed by atoms with Crippen LogP contribution in [0.15, 0.2) is 27.2 Å². The van der Waals surface area contributed by atoms with Crippen LogP contribution in [0.2, 0.25) is 0 Å². The molecular formula is C12H14BrN3O. The van der Waals surface area contributed by atoms with E-state index in [0.717, 1.165) is 15.6 Å². The Labute approximate surface area is 108 Å². The summed E-state index contributed by atoms with van der Waals surface area (Å²) < 4.78 is 6.27. The standard InChI is InChI=1S/C12H14BrN3O/c1-7-6-8(13)4-5-9(7)10-15-11(16-17-10)12(2,3)14/h4-6H,14H2,1-3H3. The molecule has 0 aliphatic heterocycles. The number of nitrogens with zero attached hydrogens (tertiary/aromatic N) is 2. The van der Waals surface area contributed by atoms with Crippen molar-refractivity contribution in [1.29, 1.82) is 0 Å². The second kappa shape index (κ2) is 4.23. The van der Waals surface area contributed by atoms with Gasteiger partial charge in [-0.1, -0.05) is 21.1 Å². The molecule has 2 rings (SSSR count). The fourth-order valence-electron chi connectivity index (χ4n) is 1.46. The van der Waals surface area contributed by atoms with E-state index in [1.807, 2.05) is 39.0 Å². The quantitative estimate of drug-likeness (QED) is 0.925. The highest BCUT2D eigenvalue weighted by atomic mass is 79.9. The summed E-state index contributed by atoms with van der Waals surface area (Å²) in [6.07, 6.45) is 0. The van der Waals surface area contributed by atoms with Crippen molar-refractivity contribution in [3.05, 3.63) is 34.1 Å². The Morgan fingerprint density at radius 1 is 1.35 bits per heavy atom. The van der Waals surface area contributed by atoms with E-state index in [2.05, 4.69) is 26.1 Å². The number of hydrogen-bond acceptors (Lipinski definition) is 4. The van der Waals surface area contributed by atoms with Crippen molar-refractivity contribution in [2.24, 2.45) is 5.73 Å². The lowest BCUT2D eigenvalue weighted by molar-refractivity contribution is 0.397. The maximum absolute atomic E-state index is 5.92. The van der Waals surface area contributed by atoms with Gasteiger partial charge in [0.1, 0.15) is 0 Å². The highest BCUT2D eigenvalue weighted by Crippen LogP contribution is 2.26. The Hall–Kier alpha value is -1.20. The van der Waals surface area contributed by atoms with E-state index in [4.69, 9.17) is 10.3 Å². The number of aryl methyl sites for hydroxylation is 1. The van der Waals surface area contributed by atoms with Crippen LogP contribution in [-0.4, -0.2) is 10.1 Å². The number of hydrogen-bond donors (Lipinski definition) is 1. The first-order valence-corrected chi connectivity index (χ1v) is 6.07. The molecule has 1 aromatic carbocycles. The van der Waals surface area contributed by atoms with Crippen LogP contribution < -0.4 is 5.73 Å². The van der Waals surface area contributed by atoms with Crippen LogP contribution in [0, 0.1) is 6.92 Å². The molecule has 0 amide bonds. The normalized spacial score (nSPS) is 11.8. The highest BCUT2D eigenvalue weighted by molar-refractivity contribution is 9.10. The summed E-state index contributed by atoms with van der Waals surface area (Å²) in [6, 6.07) is 5.90. The molecule has 0 aliphatic carbocycles. The fraction of sp³-hybridized carbons (Fsp3) is 0.333. The van der Waals surface area contributed by atoms with Gasteiger partial charge >= 0.3 is 0 Å². The molecule has 0 saturated carbocycles. The van der Waals surface area contributed by atoms with Gasteiger partial charge in [0, 0.05) is 10.0 Å². The zero-order valence-electron chi connectivity index (χ0n) is 9.99. The van der Waals surface area contributed by atoms with Gasteiger partial charge in [-0.25, -0.2) is 0 Å². The molecular weight excluding hydrogens is 282 g/mol. The molecule has 0 unspecified atom stereocenters. The molecule has 0 radical (unpaired) electrons. The van der Waals surface area contributed by atoms with E-state index in [0.29, 0.717) is 11.7 Å². The lowest BCUT2D eigenvalue weighted by atomic mass is 10.1. The van der Waals surface area contributed by atoms with Crippen LogP contribution in [0.3, 0.4) is 0 Å². The van der Waals surface area contributed by atoms with Crippen molar-refractivity contribution in [2.75, 3.05) is 0 Å². The third-order valence-corrected chi connectivity index (χ3v) is 2.91. The average Bonchev–Trinajstić information content (AvgIpc) is 2.65. The van der Waals surface area contributed by atoms with Gasteiger partial charge in [-0.15, -0.1) is 0 Å².